The number of rotatable bonds is 4. The van der Waals surface area contributed by atoms with Gasteiger partial charge in [0.2, 0.25) is 11.9 Å². The smallest absolute Gasteiger partial charge is 0.254 e. The van der Waals surface area contributed by atoms with E-state index >= 15 is 0 Å². The molecule has 1 unspecified atom stereocenters. The van der Waals surface area contributed by atoms with E-state index in [1.807, 2.05) is 0 Å². The number of carbonyl (C=O) groups excluding carboxylic acids is 2. The fourth-order valence-electron chi connectivity index (χ4n) is 4.03. The highest BCUT2D eigenvalue weighted by molar-refractivity contribution is 6.01. The predicted molar refractivity (Wildman–Crippen MR) is 98.3 cm³/mol. The molecule has 3 aliphatic rings. The third-order valence-corrected chi connectivity index (χ3v) is 5.94. The summed E-state index contributed by atoms with van der Waals surface area (Å²) in [4.78, 5) is 33.8. The van der Waals surface area contributed by atoms with E-state index in [2.05, 4.69) is 15.3 Å². The number of aromatic nitrogens is 2. The standard InChI is InChI=1S/C20H17F3N4O2.H2/c21-12-7-24-18(25-8-12)26-16(28)9-27-10-19(6-15(19)22)14-5-11(20(23)3-4-20)1-2-13(14)17(27)29;/h1-2,5,7-8,15H,3-4,6,9-10H2,(H,24,25,26,28);1H/t15?,19-;/m0./s1. The number of nitrogens with zero attached hydrogens (tertiary/aromatic N) is 3. The molecule has 29 heavy (non-hydrogen) atoms. The summed E-state index contributed by atoms with van der Waals surface area (Å²) in [6.07, 6.45) is 1.77. The summed E-state index contributed by atoms with van der Waals surface area (Å²) in [5, 5.41) is 2.39. The van der Waals surface area contributed by atoms with Gasteiger partial charge in [0.05, 0.1) is 12.4 Å². The molecule has 1 spiro atoms. The van der Waals surface area contributed by atoms with Crippen LogP contribution in [0.1, 0.15) is 42.2 Å². The lowest BCUT2D eigenvalue weighted by atomic mass is 9.84. The second-order valence-electron chi connectivity index (χ2n) is 7.99. The van der Waals surface area contributed by atoms with Crippen molar-refractivity contribution in [2.75, 3.05) is 18.4 Å². The van der Waals surface area contributed by atoms with E-state index in [4.69, 9.17) is 0 Å². The van der Waals surface area contributed by atoms with Crippen molar-refractivity contribution in [3.63, 3.8) is 0 Å². The number of anilines is 1. The summed E-state index contributed by atoms with van der Waals surface area (Å²) >= 11 is 0. The van der Waals surface area contributed by atoms with Crippen LogP contribution in [0, 0.1) is 5.82 Å². The largest absolute Gasteiger partial charge is 0.328 e. The minimum Gasteiger partial charge on any atom is -0.328 e. The van der Waals surface area contributed by atoms with Gasteiger partial charge < -0.3 is 4.90 Å². The fourth-order valence-corrected chi connectivity index (χ4v) is 4.03. The SMILES string of the molecule is O=C(CN1C[C@@]2(CC2F)c2cc(C3(F)CC3)ccc2C1=O)Nc1ncc(F)cn1.[HH]. The van der Waals surface area contributed by atoms with Crippen LogP contribution in [0.2, 0.25) is 0 Å². The number of hydrogen-bond acceptors (Lipinski definition) is 4. The highest BCUT2D eigenvalue weighted by Gasteiger charge is 2.61. The topological polar surface area (TPSA) is 75.2 Å². The summed E-state index contributed by atoms with van der Waals surface area (Å²) in [6, 6.07) is 4.74. The van der Waals surface area contributed by atoms with Gasteiger partial charge in [0.1, 0.15) is 18.4 Å². The summed E-state index contributed by atoms with van der Waals surface area (Å²) < 4.78 is 41.8. The van der Waals surface area contributed by atoms with Crippen molar-refractivity contribution in [3.8, 4) is 0 Å². The van der Waals surface area contributed by atoms with Crippen LogP contribution < -0.4 is 5.32 Å². The van der Waals surface area contributed by atoms with Gasteiger partial charge in [0.25, 0.3) is 5.91 Å². The number of nitrogens with one attached hydrogen (secondary N) is 1. The van der Waals surface area contributed by atoms with Gasteiger partial charge in [-0.15, -0.1) is 0 Å². The predicted octanol–water partition coefficient (Wildman–Crippen LogP) is 2.89. The van der Waals surface area contributed by atoms with E-state index < -0.39 is 34.9 Å². The Morgan fingerprint density at radius 2 is 2.00 bits per heavy atom. The Balaban J connectivity index is 0.00000218. The van der Waals surface area contributed by atoms with E-state index in [9.17, 15) is 22.8 Å². The molecule has 0 saturated heterocycles. The number of alkyl halides is 2. The minimum absolute atomic E-state index is 0. The molecule has 2 fully saturated rings. The van der Waals surface area contributed by atoms with E-state index in [1.165, 1.54) is 11.0 Å². The van der Waals surface area contributed by atoms with Crippen molar-refractivity contribution in [2.24, 2.45) is 0 Å². The molecule has 2 saturated carbocycles. The van der Waals surface area contributed by atoms with Crippen molar-refractivity contribution >= 4 is 17.8 Å². The molecular formula is C20H19F3N4O2. The Hall–Kier alpha value is -2.97. The third kappa shape index (κ3) is 2.95. The number of carbonyl (C=O) groups is 2. The molecule has 2 aromatic rings. The number of hydrogen-bond donors (Lipinski definition) is 1. The highest BCUT2D eigenvalue weighted by Crippen LogP contribution is 2.57. The molecule has 0 radical (unpaired) electrons. The third-order valence-electron chi connectivity index (χ3n) is 5.94. The zero-order valence-corrected chi connectivity index (χ0v) is 15.3. The zero-order chi connectivity index (χ0) is 20.4. The van der Waals surface area contributed by atoms with E-state index in [-0.39, 0.29) is 26.9 Å². The van der Waals surface area contributed by atoms with Crippen LogP contribution in [0.5, 0.6) is 0 Å². The molecular weight excluding hydrogens is 385 g/mol. The molecule has 6 nitrogen and oxygen atoms in total. The molecule has 2 aliphatic carbocycles. The normalized spacial score (nSPS) is 26.2. The van der Waals surface area contributed by atoms with E-state index in [1.54, 1.807) is 12.1 Å². The minimum atomic E-state index is -1.37. The number of halogens is 3. The van der Waals surface area contributed by atoms with Crippen LogP contribution in [-0.2, 0) is 15.9 Å². The van der Waals surface area contributed by atoms with Crippen LogP contribution >= 0.6 is 0 Å². The van der Waals surface area contributed by atoms with Crippen LogP contribution in [0.15, 0.2) is 30.6 Å². The first-order chi connectivity index (χ1) is 13.8. The summed E-state index contributed by atoms with van der Waals surface area (Å²) in [7, 11) is 0. The van der Waals surface area contributed by atoms with Gasteiger partial charge >= 0.3 is 0 Å². The van der Waals surface area contributed by atoms with Gasteiger partial charge in [-0.2, -0.15) is 0 Å². The average Bonchev–Trinajstić information content (AvgIpc) is 3.59. The molecule has 2 amide bonds. The van der Waals surface area contributed by atoms with Crippen molar-refractivity contribution in [1.29, 1.82) is 0 Å². The van der Waals surface area contributed by atoms with Gasteiger partial charge in [-0.05, 0) is 36.5 Å². The van der Waals surface area contributed by atoms with Crippen molar-refractivity contribution < 1.29 is 24.2 Å². The zero-order valence-electron chi connectivity index (χ0n) is 15.3. The Morgan fingerprint density at radius 1 is 1.31 bits per heavy atom. The lowest BCUT2D eigenvalue weighted by molar-refractivity contribution is -0.117. The summed E-state index contributed by atoms with van der Waals surface area (Å²) in [5.41, 5.74) is -0.934. The Morgan fingerprint density at radius 3 is 2.62 bits per heavy atom. The average molecular weight is 404 g/mol. The van der Waals surface area contributed by atoms with Gasteiger partial charge in [0.15, 0.2) is 5.82 Å². The molecule has 1 N–H and O–H groups in total. The summed E-state index contributed by atoms with van der Waals surface area (Å²) in [6.45, 7) is -0.275. The lowest BCUT2D eigenvalue weighted by Gasteiger charge is -2.34. The molecule has 1 aliphatic heterocycles. The maximum atomic E-state index is 14.5. The monoisotopic (exact) mass is 404 g/mol. The molecule has 9 heteroatoms. The maximum absolute atomic E-state index is 14.5. The first kappa shape index (κ1) is 18.1. The number of fused-ring (bicyclic) bond motifs is 2. The highest BCUT2D eigenvalue weighted by atomic mass is 19.1. The molecule has 2 heterocycles. The first-order valence-corrected chi connectivity index (χ1v) is 9.35. The van der Waals surface area contributed by atoms with Crippen LogP contribution in [0.4, 0.5) is 19.1 Å². The van der Waals surface area contributed by atoms with Gasteiger partial charge in [-0.25, -0.2) is 23.1 Å². The quantitative estimate of drug-likeness (QED) is 0.850. The molecule has 2 atom stereocenters. The maximum Gasteiger partial charge on any atom is 0.254 e. The van der Waals surface area contributed by atoms with E-state index in [0.29, 0.717) is 29.5 Å². The first-order valence-electron chi connectivity index (χ1n) is 9.35. The van der Waals surface area contributed by atoms with Crippen molar-refractivity contribution in [3.05, 3.63) is 53.1 Å². The molecule has 152 valence electrons. The second-order valence-corrected chi connectivity index (χ2v) is 7.99. The Labute approximate surface area is 165 Å². The Kier molecular flexibility index (Phi) is 3.75. The van der Waals surface area contributed by atoms with Gasteiger partial charge in [0, 0.05) is 18.9 Å². The van der Waals surface area contributed by atoms with Crippen molar-refractivity contribution in [1.82, 2.24) is 14.9 Å². The summed E-state index contributed by atoms with van der Waals surface area (Å²) in [5.74, 6) is -1.71. The fraction of sp³-hybridized carbons (Fsp3) is 0.400. The molecule has 0 bridgehead atoms. The molecule has 1 aromatic carbocycles. The number of amides is 2. The van der Waals surface area contributed by atoms with E-state index in [0.717, 1.165) is 12.4 Å². The van der Waals surface area contributed by atoms with Crippen molar-refractivity contribution in [2.45, 2.75) is 36.5 Å². The van der Waals surface area contributed by atoms with Gasteiger partial charge in [-0.3, -0.25) is 14.9 Å². The van der Waals surface area contributed by atoms with Crippen LogP contribution in [0.25, 0.3) is 0 Å². The molecule has 5 rings (SSSR count). The van der Waals surface area contributed by atoms with Gasteiger partial charge in [-0.1, -0.05) is 12.1 Å². The van der Waals surface area contributed by atoms with Crippen LogP contribution in [0.3, 0.4) is 0 Å². The number of benzene rings is 1. The Bertz CT molecular complexity index is 1030. The molecule has 1 aromatic heterocycles. The van der Waals surface area contributed by atoms with Crippen LogP contribution in [-0.4, -0.2) is 45.9 Å². The lowest BCUT2D eigenvalue weighted by Crippen LogP contribution is -2.47. The second kappa shape index (κ2) is 6.01.